The van der Waals surface area contributed by atoms with Gasteiger partial charge >= 0.3 is 0 Å². The van der Waals surface area contributed by atoms with Gasteiger partial charge in [0.05, 0.1) is 23.1 Å². The second kappa shape index (κ2) is 9.28. The molecule has 0 aliphatic carbocycles. The highest BCUT2D eigenvalue weighted by Crippen LogP contribution is 2.43. The summed E-state index contributed by atoms with van der Waals surface area (Å²) in [4.78, 5) is 27.8. The van der Waals surface area contributed by atoms with Crippen LogP contribution in [0, 0.1) is 12.8 Å². The fourth-order valence-electron chi connectivity index (χ4n) is 4.76. The second-order valence-corrected chi connectivity index (χ2v) is 12.0. The van der Waals surface area contributed by atoms with Crippen LogP contribution in [0.1, 0.15) is 44.7 Å². The number of ether oxygens (including phenoxy) is 1. The Morgan fingerprint density at radius 3 is 2.49 bits per heavy atom. The quantitative estimate of drug-likeness (QED) is 0.654. The Morgan fingerprint density at radius 2 is 1.83 bits per heavy atom. The van der Waals surface area contributed by atoms with Crippen LogP contribution in [-0.4, -0.2) is 51.3 Å². The summed E-state index contributed by atoms with van der Waals surface area (Å²) in [6, 6.07) is 10.2. The molecule has 2 aliphatic rings. The van der Waals surface area contributed by atoms with Crippen molar-refractivity contribution in [2.24, 2.45) is 5.92 Å². The van der Waals surface area contributed by atoms with Crippen molar-refractivity contribution in [2.75, 3.05) is 37.0 Å². The molecule has 0 spiro atoms. The van der Waals surface area contributed by atoms with Crippen molar-refractivity contribution < 1.29 is 22.7 Å². The number of nitrogens with zero attached hydrogens (tertiary/aromatic N) is 2. The summed E-state index contributed by atoms with van der Waals surface area (Å²) in [6.45, 7) is 8.36. The van der Waals surface area contributed by atoms with Crippen molar-refractivity contribution in [3.63, 3.8) is 0 Å². The molecule has 2 aromatic carbocycles. The normalized spacial score (nSPS) is 18.4. The molecule has 0 atom stereocenters. The molecule has 0 bridgehead atoms. The average Bonchev–Trinajstić information content (AvgIpc) is 2.99. The Kier molecular flexibility index (Phi) is 6.68. The topological polar surface area (TPSA) is 96.0 Å². The zero-order valence-corrected chi connectivity index (χ0v) is 21.7. The molecule has 1 N–H and O–H groups in total. The van der Waals surface area contributed by atoms with Crippen molar-refractivity contribution in [3.05, 3.63) is 47.5 Å². The number of carbonyl (C=O) groups is 2. The summed E-state index contributed by atoms with van der Waals surface area (Å²) in [5, 5.41) is 2.83. The smallest absolute Gasteiger partial charge is 0.244 e. The molecule has 0 saturated carbocycles. The number of nitrogens with one attached hydrogen (secondary N) is 1. The Morgan fingerprint density at radius 1 is 1.14 bits per heavy atom. The van der Waals surface area contributed by atoms with Crippen LogP contribution in [0.2, 0.25) is 0 Å². The lowest BCUT2D eigenvalue weighted by Gasteiger charge is -2.29. The summed E-state index contributed by atoms with van der Waals surface area (Å²) in [5.74, 6) is 0.419. The Bertz CT molecular complexity index is 1260. The number of anilines is 2. The number of sulfonamides is 1. The van der Waals surface area contributed by atoms with E-state index in [0.29, 0.717) is 41.7 Å². The van der Waals surface area contributed by atoms with Crippen LogP contribution >= 0.6 is 0 Å². The van der Waals surface area contributed by atoms with Gasteiger partial charge in [-0.2, -0.15) is 4.31 Å². The molecular weight excluding hydrogens is 466 g/mol. The van der Waals surface area contributed by atoms with Crippen molar-refractivity contribution in [2.45, 2.75) is 50.8 Å². The van der Waals surface area contributed by atoms with Crippen molar-refractivity contribution in [3.8, 4) is 5.75 Å². The van der Waals surface area contributed by atoms with Crippen LogP contribution in [0.5, 0.6) is 5.75 Å². The minimum atomic E-state index is -3.66. The lowest BCUT2D eigenvalue weighted by Crippen LogP contribution is -2.40. The number of rotatable bonds is 6. The van der Waals surface area contributed by atoms with Crippen LogP contribution < -0.4 is 15.0 Å². The van der Waals surface area contributed by atoms with E-state index in [1.54, 1.807) is 38.1 Å². The molecule has 2 heterocycles. The SMILES string of the molecule is COc1ccc(C)cc1NC(=O)CN1C(=O)C(C)(C)c2cc(S(=O)(=O)N3CCC(C)CC3)ccc21. The third-order valence-corrected chi connectivity index (χ3v) is 8.92. The molecular formula is C26H33N3O5S. The van der Waals surface area contributed by atoms with Gasteiger partial charge in [0.25, 0.3) is 0 Å². The van der Waals surface area contributed by atoms with Crippen LogP contribution in [0.3, 0.4) is 0 Å². The van der Waals surface area contributed by atoms with Gasteiger partial charge in [0.2, 0.25) is 21.8 Å². The number of methoxy groups -OCH3 is 1. The first kappa shape index (κ1) is 25.2. The maximum absolute atomic E-state index is 13.3. The van der Waals surface area contributed by atoms with Gasteiger partial charge in [0, 0.05) is 18.8 Å². The van der Waals surface area contributed by atoms with Crippen LogP contribution in [0.4, 0.5) is 11.4 Å². The third kappa shape index (κ3) is 4.67. The van der Waals surface area contributed by atoms with Gasteiger partial charge in [-0.25, -0.2) is 8.42 Å². The Balaban J connectivity index is 1.59. The van der Waals surface area contributed by atoms with E-state index in [1.165, 1.54) is 22.4 Å². The van der Waals surface area contributed by atoms with Gasteiger partial charge in [-0.3, -0.25) is 9.59 Å². The average molecular weight is 500 g/mol. The van der Waals surface area contributed by atoms with E-state index in [0.717, 1.165) is 18.4 Å². The van der Waals surface area contributed by atoms with E-state index in [4.69, 9.17) is 4.74 Å². The van der Waals surface area contributed by atoms with Gasteiger partial charge in [-0.1, -0.05) is 13.0 Å². The van der Waals surface area contributed by atoms with E-state index in [-0.39, 0.29) is 23.3 Å². The first-order chi connectivity index (χ1) is 16.4. The first-order valence-corrected chi connectivity index (χ1v) is 13.3. The number of piperidine rings is 1. The van der Waals surface area contributed by atoms with Crippen LogP contribution in [-0.2, 0) is 25.0 Å². The molecule has 2 aromatic rings. The van der Waals surface area contributed by atoms with E-state index in [2.05, 4.69) is 12.2 Å². The van der Waals surface area contributed by atoms with Gasteiger partial charge in [0.15, 0.2) is 0 Å². The Labute approximate surface area is 207 Å². The number of benzene rings is 2. The molecule has 1 saturated heterocycles. The third-order valence-electron chi connectivity index (χ3n) is 7.02. The highest BCUT2D eigenvalue weighted by molar-refractivity contribution is 7.89. The number of amides is 2. The molecule has 2 amide bonds. The maximum atomic E-state index is 13.3. The van der Waals surface area contributed by atoms with E-state index < -0.39 is 15.4 Å². The van der Waals surface area contributed by atoms with Gasteiger partial charge in [0.1, 0.15) is 12.3 Å². The summed E-state index contributed by atoms with van der Waals surface area (Å²) < 4.78 is 33.4. The van der Waals surface area contributed by atoms with E-state index in [1.807, 2.05) is 13.0 Å². The summed E-state index contributed by atoms with van der Waals surface area (Å²) in [5.41, 5.74) is 1.69. The van der Waals surface area contributed by atoms with Gasteiger partial charge in [-0.15, -0.1) is 0 Å². The van der Waals surface area contributed by atoms with Crippen molar-refractivity contribution in [1.82, 2.24) is 4.31 Å². The fraction of sp³-hybridized carbons (Fsp3) is 0.462. The zero-order valence-electron chi connectivity index (χ0n) is 20.9. The van der Waals surface area contributed by atoms with E-state index >= 15 is 0 Å². The predicted octanol–water partition coefficient (Wildman–Crippen LogP) is 3.69. The standard InChI is InChI=1S/C26H33N3O5S/c1-17-10-12-28(13-11-17)35(32,33)19-7-8-22-20(15-19)26(3,4)25(31)29(22)16-24(30)27-21-14-18(2)6-9-23(21)34-5/h6-9,14-15,17H,10-13,16H2,1-5H3,(H,27,30). The largest absolute Gasteiger partial charge is 0.495 e. The summed E-state index contributed by atoms with van der Waals surface area (Å²) in [6.07, 6.45) is 1.67. The highest BCUT2D eigenvalue weighted by Gasteiger charge is 2.45. The molecule has 8 nitrogen and oxygen atoms in total. The molecule has 4 rings (SSSR count). The fourth-order valence-corrected chi connectivity index (χ4v) is 6.25. The molecule has 1 fully saturated rings. The van der Waals surface area contributed by atoms with Crippen LogP contribution in [0.25, 0.3) is 0 Å². The van der Waals surface area contributed by atoms with E-state index in [9.17, 15) is 18.0 Å². The Hall–Kier alpha value is -2.91. The van der Waals surface area contributed by atoms with Gasteiger partial charge in [-0.05, 0) is 81.0 Å². The predicted molar refractivity (Wildman–Crippen MR) is 135 cm³/mol. The van der Waals surface area contributed by atoms with Crippen molar-refractivity contribution in [1.29, 1.82) is 0 Å². The van der Waals surface area contributed by atoms with Crippen molar-refractivity contribution >= 4 is 33.2 Å². The number of fused-ring (bicyclic) bond motifs is 1. The number of hydrogen-bond acceptors (Lipinski definition) is 5. The second-order valence-electron chi connectivity index (χ2n) is 10.0. The number of carbonyl (C=O) groups excluding carboxylic acids is 2. The molecule has 0 radical (unpaired) electrons. The zero-order chi connectivity index (χ0) is 25.5. The lowest BCUT2D eigenvalue weighted by molar-refractivity contribution is -0.124. The summed E-state index contributed by atoms with van der Waals surface area (Å²) in [7, 11) is -2.13. The molecule has 0 unspecified atom stereocenters. The monoisotopic (exact) mass is 499 g/mol. The minimum Gasteiger partial charge on any atom is -0.495 e. The molecule has 188 valence electrons. The molecule has 2 aliphatic heterocycles. The van der Waals surface area contributed by atoms with Gasteiger partial charge < -0.3 is 15.0 Å². The lowest BCUT2D eigenvalue weighted by atomic mass is 9.86. The number of hydrogen-bond donors (Lipinski definition) is 1. The van der Waals surface area contributed by atoms with Crippen LogP contribution in [0.15, 0.2) is 41.3 Å². The maximum Gasteiger partial charge on any atom is 0.244 e. The minimum absolute atomic E-state index is 0.183. The highest BCUT2D eigenvalue weighted by atomic mass is 32.2. The first-order valence-electron chi connectivity index (χ1n) is 11.9. The molecule has 35 heavy (non-hydrogen) atoms. The number of aryl methyl sites for hydroxylation is 1. The summed E-state index contributed by atoms with van der Waals surface area (Å²) >= 11 is 0. The molecule has 9 heteroatoms. The molecule has 0 aromatic heterocycles.